The van der Waals surface area contributed by atoms with E-state index in [2.05, 4.69) is 4.98 Å². The van der Waals surface area contributed by atoms with Crippen LogP contribution in [-0.2, 0) is 20.8 Å². The second-order valence-corrected chi connectivity index (χ2v) is 4.78. The summed E-state index contributed by atoms with van der Waals surface area (Å²) in [6, 6.07) is 4.16. The van der Waals surface area contributed by atoms with Crippen molar-refractivity contribution < 1.29 is 29.3 Å². The first-order valence-electron chi connectivity index (χ1n) is 6.67. The van der Waals surface area contributed by atoms with Gasteiger partial charge in [-0.1, -0.05) is 0 Å². The Morgan fingerprint density at radius 1 is 1.26 bits per heavy atom. The fourth-order valence-corrected chi connectivity index (χ4v) is 1.88. The van der Waals surface area contributed by atoms with Crippen LogP contribution in [0.2, 0.25) is 0 Å². The molecule has 0 aliphatic heterocycles. The van der Waals surface area contributed by atoms with Crippen molar-refractivity contribution in [2.45, 2.75) is 26.3 Å². The van der Waals surface area contributed by atoms with Crippen LogP contribution in [-0.4, -0.2) is 39.1 Å². The lowest BCUT2D eigenvalue weighted by Crippen LogP contribution is -2.32. The maximum atomic E-state index is 10.9. The van der Waals surface area contributed by atoms with E-state index in [9.17, 15) is 9.59 Å². The molecule has 0 saturated heterocycles. The molecule has 8 heteroatoms. The Morgan fingerprint density at radius 2 is 1.87 bits per heavy atom. The minimum Gasteiger partial charge on any atom is -0.481 e. The third-order valence-electron chi connectivity index (χ3n) is 2.76. The number of rotatable bonds is 4. The summed E-state index contributed by atoms with van der Waals surface area (Å²) in [6.45, 7) is 2.41. The molecule has 0 saturated carbocycles. The van der Waals surface area contributed by atoms with Gasteiger partial charge in [0.15, 0.2) is 0 Å². The number of nitrogens with one attached hydrogen (secondary N) is 1. The van der Waals surface area contributed by atoms with Crippen molar-refractivity contribution in [1.82, 2.24) is 4.98 Å². The number of hydrogen-bond donors (Lipinski definition) is 4. The van der Waals surface area contributed by atoms with Crippen molar-refractivity contribution >= 4 is 28.8 Å². The molecule has 0 radical (unpaired) electrons. The predicted molar refractivity (Wildman–Crippen MR) is 82.2 cm³/mol. The minimum atomic E-state index is -1.05. The molecule has 0 amide bonds. The maximum Gasteiger partial charge on any atom is 0.320 e. The highest BCUT2D eigenvalue weighted by atomic mass is 16.5. The van der Waals surface area contributed by atoms with E-state index < -0.39 is 23.9 Å². The Hall–Kier alpha value is -2.87. The molecule has 5 N–H and O–H groups in total. The highest BCUT2D eigenvalue weighted by molar-refractivity contribution is 5.86. The van der Waals surface area contributed by atoms with Crippen LogP contribution in [0.1, 0.15) is 19.4 Å². The van der Waals surface area contributed by atoms with Crippen LogP contribution in [0.4, 0.5) is 0 Å². The summed E-state index contributed by atoms with van der Waals surface area (Å²) in [5.74, 6) is -1.87. The molecule has 23 heavy (non-hydrogen) atoms. The van der Waals surface area contributed by atoms with Crippen molar-refractivity contribution in [1.29, 1.82) is 0 Å². The summed E-state index contributed by atoms with van der Waals surface area (Å²) in [5, 5.41) is 17.0. The van der Waals surface area contributed by atoms with E-state index in [-0.39, 0.29) is 6.42 Å². The summed E-state index contributed by atoms with van der Waals surface area (Å²) in [6.07, 6.45) is 1.92. The van der Waals surface area contributed by atoms with Gasteiger partial charge in [-0.15, -0.1) is 0 Å². The number of benzene rings is 1. The maximum absolute atomic E-state index is 10.9. The quantitative estimate of drug-likeness (QED) is 0.488. The number of aromatic amines is 1. The normalized spacial score (nSPS) is 11.3. The first-order chi connectivity index (χ1) is 10.7. The van der Waals surface area contributed by atoms with Gasteiger partial charge in [0.05, 0.1) is 0 Å². The van der Waals surface area contributed by atoms with E-state index in [4.69, 9.17) is 25.5 Å². The molecule has 0 aliphatic carbocycles. The van der Waals surface area contributed by atoms with Crippen molar-refractivity contribution in [3.63, 3.8) is 0 Å². The van der Waals surface area contributed by atoms with E-state index in [1.165, 1.54) is 6.92 Å². The summed E-state index contributed by atoms with van der Waals surface area (Å²) in [5.41, 5.74) is 7.13. The third kappa shape index (κ3) is 5.79. The molecule has 2 aromatic rings. The van der Waals surface area contributed by atoms with E-state index >= 15 is 0 Å². The standard InChI is InChI=1S/C13H14N2O4.C2H4O2/c1-7(16)19-9-2-3-12-10(5-9)8(6-15-12)4-11(14)13(17)18;1-2(3)4/h2-3,5-6,11,15H,4,14H2,1H3,(H,17,18);1H3,(H,3,4). The van der Waals surface area contributed by atoms with Crippen LogP contribution in [0.5, 0.6) is 5.75 Å². The Morgan fingerprint density at radius 3 is 2.39 bits per heavy atom. The summed E-state index contributed by atoms with van der Waals surface area (Å²) in [7, 11) is 0. The zero-order chi connectivity index (χ0) is 17.6. The van der Waals surface area contributed by atoms with Crippen LogP contribution >= 0.6 is 0 Å². The molecule has 0 aliphatic rings. The van der Waals surface area contributed by atoms with E-state index in [0.29, 0.717) is 5.75 Å². The highest BCUT2D eigenvalue weighted by Crippen LogP contribution is 2.24. The van der Waals surface area contributed by atoms with Gasteiger partial charge >= 0.3 is 11.9 Å². The van der Waals surface area contributed by atoms with E-state index in [0.717, 1.165) is 23.4 Å². The summed E-state index contributed by atoms with van der Waals surface area (Å²) >= 11 is 0. The lowest BCUT2D eigenvalue weighted by atomic mass is 10.1. The van der Waals surface area contributed by atoms with Crippen molar-refractivity contribution in [2.24, 2.45) is 5.73 Å². The first-order valence-corrected chi connectivity index (χ1v) is 6.67. The summed E-state index contributed by atoms with van der Waals surface area (Å²) in [4.78, 5) is 33.7. The van der Waals surface area contributed by atoms with E-state index in [1.54, 1.807) is 24.4 Å². The molecule has 1 atom stereocenters. The molecule has 0 spiro atoms. The molecule has 0 fully saturated rings. The average molecular weight is 322 g/mol. The van der Waals surface area contributed by atoms with Crippen LogP contribution in [0.3, 0.4) is 0 Å². The average Bonchev–Trinajstić information content (AvgIpc) is 2.80. The lowest BCUT2D eigenvalue weighted by molar-refractivity contribution is -0.138. The Kier molecular flexibility index (Phi) is 6.28. The second-order valence-electron chi connectivity index (χ2n) is 4.78. The van der Waals surface area contributed by atoms with Crippen LogP contribution in [0.25, 0.3) is 10.9 Å². The number of esters is 1. The number of H-pyrrole nitrogens is 1. The van der Waals surface area contributed by atoms with Gasteiger partial charge in [-0.2, -0.15) is 0 Å². The van der Waals surface area contributed by atoms with Crippen LogP contribution in [0, 0.1) is 0 Å². The Bertz CT molecular complexity index is 718. The molecule has 124 valence electrons. The van der Waals surface area contributed by atoms with Crippen molar-refractivity contribution in [3.05, 3.63) is 30.0 Å². The van der Waals surface area contributed by atoms with Crippen LogP contribution < -0.4 is 10.5 Å². The number of hydrogen-bond acceptors (Lipinski definition) is 5. The monoisotopic (exact) mass is 322 g/mol. The largest absolute Gasteiger partial charge is 0.481 e. The molecule has 1 unspecified atom stereocenters. The smallest absolute Gasteiger partial charge is 0.320 e. The Balaban J connectivity index is 0.000000593. The van der Waals surface area contributed by atoms with Gasteiger partial charge < -0.3 is 25.7 Å². The fraction of sp³-hybridized carbons (Fsp3) is 0.267. The number of carboxylic acid groups (broad SMARTS) is 2. The number of aliphatic carboxylic acids is 2. The van der Waals surface area contributed by atoms with Crippen LogP contribution in [0.15, 0.2) is 24.4 Å². The first kappa shape index (κ1) is 18.2. The lowest BCUT2D eigenvalue weighted by Gasteiger charge is -2.06. The summed E-state index contributed by atoms with van der Waals surface area (Å²) < 4.78 is 5.00. The number of nitrogens with two attached hydrogens (primary N) is 1. The van der Waals surface area contributed by atoms with Gasteiger partial charge in [-0.25, -0.2) is 0 Å². The molecular formula is C15H18N2O6. The number of aromatic nitrogens is 1. The SMILES string of the molecule is CC(=O)O.CC(=O)Oc1ccc2[nH]cc(CC(N)C(=O)O)c2c1. The predicted octanol–water partition coefficient (Wildman–Crippen LogP) is 1.14. The minimum absolute atomic E-state index is 0.207. The third-order valence-corrected chi connectivity index (χ3v) is 2.76. The number of ether oxygens (including phenoxy) is 1. The molecule has 2 rings (SSSR count). The Labute approximate surface area is 131 Å². The highest BCUT2D eigenvalue weighted by Gasteiger charge is 2.15. The number of fused-ring (bicyclic) bond motifs is 1. The molecule has 1 heterocycles. The fourth-order valence-electron chi connectivity index (χ4n) is 1.88. The van der Waals surface area contributed by atoms with Crippen molar-refractivity contribution in [3.8, 4) is 5.75 Å². The zero-order valence-electron chi connectivity index (χ0n) is 12.7. The van der Waals surface area contributed by atoms with Gasteiger partial charge in [0.1, 0.15) is 11.8 Å². The van der Waals surface area contributed by atoms with Gasteiger partial charge in [0.25, 0.3) is 5.97 Å². The zero-order valence-corrected chi connectivity index (χ0v) is 12.7. The second kappa shape index (κ2) is 7.95. The number of carbonyl (C=O) groups is 3. The van der Waals surface area contributed by atoms with E-state index in [1.807, 2.05) is 0 Å². The molecular weight excluding hydrogens is 304 g/mol. The van der Waals surface area contributed by atoms with Crippen molar-refractivity contribution in [2.75, 3.05) is 0 Å². The molecule has 8 nitrogen and oxygen atoms in total. The topological polar surface area (TPSA) is 143 Å². The van der Waals surface area contributed by atoms with Gasteiger partial charge in [-0.05, 0) is 23.8 Å². The molecule has 0 bridgehead atoms. The van der Waals surface area contributed by atoms with Gasteiger partial charge in [0, 0.05) is 37.4 Å². The molecule has 1 aromatic carbocycles. The number of carbonyl (C=O) groups excluding carboxylic acids is 1. The molecule has 1 aromatic heterocycles. The number of carboxylic acids is 2. The van der Waals surface area contributed by atoms with Gasteiger partial charge in [-0.3, -0.25) is 14.4 Å². The van der Waals surface area contributed by atoms with Gasteiger partial charge in [0.2, 0.25) is 0 Å².